The van der Waals surface area contributed by atoms with Crippen molar-refractivity contribution in [1.29, 1.82) is 0 Å². The lowest BCUT2D eigenvalue weighted by atomic mass is 9.81. The van der Waals surface area contributed by atoms with Gasteiger partial charge < -0.3 is 10.6 Å². The van der Waals surface area contributed by atoms with E-state index in [9.17, 15) is 22.8 Å². The molecule has 0 unspecified atom stereocenters. The van der Waals surface area contributed by atoms with Gasteiger partial charge in [0.05, 0.1) is 4.90 Å². The van der Waals surface area contributed by atoms with Gasteiger partial charge in [0, 0.05) is 18.8 Å². The molecule has 9 nitrogen and oxygen atoms in total. The largest absolute Gasteiger partial charge is 0.326 e. The first-order valence-corrected chi connectivity index (χ1v) is 14.2. The number of nitrogens with zero attached hydrogens (tertiary/aromatic N) is 2. The highest BCUT2D eigenvalue weighted by Crippen LogP contribution is 2.36. The van der Waals surface area contributed by atoms with Crippen LogP contribution in [0.5, 0.6) is 0 Å². The van der Waals surface area contributed by atoms with Gasteiger partial charge in [-0.05, 0) is 60.4 Å². The molecule has 4 amide bonds. The zero-order valence-corrected chi connectivity index (χ0v) is 23.2. The summed E-state index contributed by atoms with van der Waals surface area (Å²) >= 11 is 0. The minimum atomic E-state index is -3.64. The standard InChI is InChI=1S/C29H32N4O5S/c1-5-32(6-2)39(37,38)25-16-14-24(15-17-25)30-26(34)19-33-27(35)29(31-28(33)36,22-10-8-7-9-11-22)23-13-12-20(3)21(4)18-23/h7-18H,5-6,19H2,1-4H3,(H,30,34)(H,31,36)/t29-/m0/s1. The fourth-order valence-electron chi connectivity index (χ4n) is 4.71. The van der Waals surface area contributed by atoms with Gasteiger partial charge in [-0.1, -0.05) is 62.4 Å². The molecule has 1 atom stereocenters. The SMILES string of the molecule is CCN(CC)S(=O)(=O)c1ccc(NC(=O)CN2C(=O)N[C@@](c3ccccc3)(c3ccc(C)c(C)c3)C2=O)cc1. The van der Waals surface area contributed by atoms with Crippen LogP contribution in [-0.4, -0.2) is 55.1 Å². The number of sulfonamides is 1. The Morgan fingerprint density at radius 1 is 0.897 bits per heavy atom. The fourth-order valence-corrected chi connectivity index (χ4v) is 6.17. The molecule has 39 heavy (non-hydrogen) atoms. The molecule has 0 saturated carbocycles. The number of rotatable bonds is 9. The minimum absolute atomic E-state index is 0.110. The number of anilines is 1. The van der Waals surface area contributed by atoms with Gasteiger partial charge in [0.2, 0.25) is 15.9 Å². The second kappa shape index (κ2) is 11.0. The highest BCUT2D eigenvalue weighted by Gasteiger charge is 2.54. The van der Waals surface area contributed by atoms with Crippen LogP contribution in [0.3, 0.4) is 0 Å². The summed E-state index contributed by atoms with van der Waals surface area (Å²) in [5.41, 5.74) is 2.06. The highest BCUT2D eigenvalue weighted by atomic mass is 32.2. The molecular formula is C29H32N4O5S. The molecular weight excluding hydrogens is 516 g/mol. The Morgan fingerprint density at radius 2 is 1.54 bits per heavy atom. The van der Waals surface area contributed by atoms with E-state index in [1.807, 2.05) is 38.1 Å². The molecule has 1 aliphatic heterocycles. The van der Waals surface area contributed by atoms with Crippen LogP contribution in [0.15, 0.2) is 77.7 Å². The molecule has 0 aliphatic carbocycles. The Kier molecular flexibility index (Phi) is 7.89. The summed E-state index contributed by atoms with van der Waals surface area (Å²) in [5, 5.41) is 5.50. The van der Waals surface area contributed by atoms with E-state index in [4.69, 9.17) is 0 Å². The molecule has 0 bridgehead atoms. The van der Waals surface area contributed by atoms with Crippen LogP contribution >= 0.6 is 0 Å². The normalized spacial score (nSPS) is 17.4. The predicted octanol–water partition coefficient (Wildman–Crippen LogP) is 3.77. The van der Waals surface area contributed by atoms with Gasteiger partial charge >= 0.3 is 6.03 Å². The van der Waals surface area contributed by atoms with Crippen LogP contribution in [0.2, 0.25) is 0 Å². The zero-order chi connectivity index (χ0) is 28.4. The summed E-state index contributed by atoms with van der Waals surface area (Å²) in [6, 6.07) is 19.6. The van der Waals surface area contributed by atoms with Crippen LogP contribution in [-0.2, 0) is 25.2 Å². The predicted molar refractivity (Wildman–Crippen MR) is 149 cm³/mol. The summed E-state index contributed by atoms with van der Waals surface area (Å²) in [7, 11) is -3.64. The van der Waals surface area contributed by atoms with Gasteiger partial charge in [0.25, 0.3) is 5.91 Å². The molecule has 4 rings (SSSR count). The Morgan fingerprint density at radius 3 is 2.13 bits per heavy atom. The molecule has 3 aromatic carbocycles. The summed E-state index contributed by atoms with van der Waals surface area (Å²) in [6.45, 7) is 7.60. The van der Waals surface area contributed by atoms with Crippen molar-refractivity contribution in [2.75, 3.05) is 25.0 Å². The van der Waals surface area contributed by atoms with Gasteiger partial charge in [0.15, 0.2) is 5.54 Å². The number of hydrogen-bond acceptors (Lipinski definition) is 5. The highest BCUT2D eigenvalue weighted by molar-refractivity contribution is 7.89. The average molecular weight is 549 g/mol. The van der Waals surface area contributed by atoms with Gasteiger partial charge in [-0.15, -0.1) is 0 Å². The topological polar surface area (TPSA) is 116 Å². The Labute approximate surface area is 228 Å². The lowest BCUT2D eigenvalue weighted by Crippen LogP contribution is -2.45. The molecule has 0 radical (unpaired) electrons. The quantitative estimate of drug-likeness (QED) is 0.395. The van der Waals surface area contributed by atoms with Crippen molar-refractivity contribution < 1.29 is 22.8 Å². The number of imide groups is 1. The molecule has 2 N–H and O–H groups in total. The Balaban J connectivity index is 1.57. The van der Waals surface area contributed by atoms with Crippen molar-refractivity contribution >= 4 is 33.6 Å². The van der Waals surface area contributed by atoms with Crippen molar-refractivity contribution in [2.24, 2.45) is 0 Å². The zero-order valence-electron chi connectivity index (χ0n) is 22.4. The van der Waals surface area contributed by atoms with E-state index >= 15 is 0 Å². The average Bonchev–Trinajstić information content (AvgIpc) is 3.17. The number of hydrogen-bond donors (Lipinski definition) is 2. The van der Waals surface area contributed by atoms with Crippen LogP contribution in [0.4, 0.5) is 10.5 Å². The van der Waals surface area contributed by atoms with Crippen LogP contribution < -0.4 is 10.6 Å². The van der Waals surface area contributed by atoms with Crippen molar-refractivity contribution in [3.05, 3.63) is 95.1 Å². The van der Waals surface area contributed by atoms with E-state index in [1.54, 1.807) is 38.1 Å². The fraction of sp³-hybridized carbons (Fsp3) is 0.276. The number of aryl methyl sites for hydroxylation is 2. The molecule has 1 saturated heterocycles. The molecule has 204 valence electrons. The number of carbonyl (C=O) groups is 3. The third kappa shape index (κ3) is 5.17. The number of urea groups is 1. The Bertz CT molecular complexity index is 1500. The van der Waals surface area contributed by atoms with E-state index in [0.717, 1.165) is 16.0 Å². The maximum atomic E-state index is 13.9. The first-order chi connectivity index (χ1) is 18.5. The van der Waals surface area contributed by atoms with Gasteiger partial charge in [0.1, 0.15) is 6.54 Å². The minimum Gasteiger partial charge on any atom is -0.325 e. The van der Waals surface area contributed by atoms with Crippen LogP contribution in [0.1, 0.15) is 36.1 Å². The van der Waals surface area contributed by atoms with Crippen molar-refractivity contribution in [3.63, 3.8) is 0 Å². The molecule has 1 fully saturated rings. The molecule has 0 aromatic heterocycles. The lowest BCUT2D eigenvalue weighted by Gasteiger charge is -2.28. The van der Waals surface area contributed by atoms with Crippen LogP contribution in [0, 0.1) is 13.8 Å². The van der Waals surface area contributed by atoms with Gasteiger partial charge in [-0.25, -0.2) is 13.2 Å². The smallest absolute Gasteiger partial charge is 0.325 e. The number of amides is 4. The molecule has 3 aromatic rings. The Hall–Kier alpha value is -4.02. The molecule has 10 heteroatoms. The lowest BCUT2D eigenvalue weighted by molar-refractivity contribution is -0.133. The van der Waals surface area contributed by atoms with Crippen LogP contribution in [0.25, 0.3) is 0 Å². The maximum Gasteiger partial charge on any atom is 0.326 e. The second-order valence-corrected chi connectivity index (χ2v) is 11.3. The van der Waals surface area contributed by atoms with E-state index in [-0.39, 0.29) is 4.90 Å². The van der Waals surface area contributed by atoms with Gasteiger partial charge in [-0.3, -0.25) is 14.5 Å². The van der Waals surface area contributed by atoms with Crippen molar-refractivity contribution in [1.82, 2.24) is 14.5 Å². The monoisotopic (exact) mass is 548 g/mol. The number of nitrogens with one attached hydrogen (secondary N) is 2. The first kappa shape index (κ1) is 28.0. The third-order valence-corrected chi connectivity index (χ3v) is 9.10. The maximum absolute atomic E-state index is 13.9. The van der Waals surface area contributed by atoms with Crippen molar-refractivity contribution in [3.8, 4) is 0 Å². The summed E-state index contributed by atoms with van der Waals surface area (Å²) < 4.78 is 26.8. The van der Waals surface area contributed by atoms with E-state index in [2.05, 4.69) is 10.6 Å². The van der Waals surface area contributed by atoms with Gasteiger partial charge in [-0.2, -0.15) is 4.31 Å². The van der Waals surface area contributed by atoms with E-state index in [0.29, 0.717) is 29.9 Å². The summed E-state index contributed by atoms with van der Waals surface area (Å²) in [5.74, 6) is -1.15. The molecule has 1 heterocycles. The third-order valence-electron chi connectivity index (χ3n) is 7.04. The van der Waals surface area contributed by atoms with Crippen molar-refractivity contribution in [2.45, 2.75) is 38.1 Å². The summed E-state index contributed by atoms with van der Waals surface area (Å²) in [6.07, 6.45) is 0. The second-order valence-electron chi connectivity index (χ2n) is 9.40. The van der Waals surface area contributed by atoms with E-state index < -0.39 is 40.0 Å². The summed E-state index contributed by atoms with van der Waals surface area (Å²) in [4.78, 5) is 40.9. The number of benzene rings is 3. The van der Waals surface area contributed by atoms with E-state index in [1.165, 1.54) is 28.6 Å². The first-order valence-electron chi connectivity index (χ1n) is 12.7. The molecule has 1 aliphatic rings. The number of carbonyl (C=O) groups excluding carboxylic acids is 3. The molecule has 0 spiro atoms.